The molecule has 130 valence electrons. The van der Waals surface area contributed by atoms with E-state index in [0.717, 1.165) is 24.2 Å². The van der Waals surface area contributed by atoms with Gasteiger partial charge in [0.05, 0.1) is 5.56 Å². The number of carbonyl (C=O) groups is 1. The molecular weight excluding hydrogens is 310 g/mol. The molecule has 1 N–H and O–H groups in total. The summed E-state index contributed by atoms with van der Waals surface area (Å²) in [5.74, 6) is 2.42. The maximum atomic E-state index is 12.8. The molecule has 0 aliphatic carbocycles. The van der Waals surface area contributed by atoms with Gasteiger partial charge in [-0.3, -0.25) is 4.79 Å². The van der Waals surface area contributed by atoms with Gasteiger partial charge < -0.3 is 19.0 Å². The summed E-state index contributed by atoms with van der Waals surface area (Å²) in [4.78, 5) is 17.2. The van der Waals surface area contributed by atoms with E-state index in [-0.39, 0.29) is 17.9 Å². The van der Waals surface area contributed by atoms with Crippen LogP contribution < -0.4 is 5.32 Å². The minimum absolute atomic E-state index is 0.172. The minimum atomic E-state index is -0.323. The highest BCUT2D eigenvalue weighted by Gasteiger charge is 2.32. The van der Waals surface area contributed by atoms with Crippen molar-refractivity contribution in [3.8, 4) is 0 Å². The third-order valence-electron chi connectivity index (χ3n) is 4.62. The SMILES string of the molecule is Cc1noc(C(NC(=O)c2c(C)oc(C)c2C)C2CCOCC2)n1. The molecule has 1 fully saturated rings. The van der Waals surface area contributed by atoms with Crippen molar-refractivity contribution < 1.29 is 18.5 Å². The van der Waals surface area contributed by atoms with Gasteiger partial charge in [-0.2, -0.15) is 4.98 Å². The number of hydrogen-bond donors (Lipinski definition) is 1. The Labute approximate surface area is 140 Å². The molecule has 1 aliphatic heterocycles. The van der Waals surface area contributed by atoms with Crippen LogP contribution in [0.3, 0.4) is 0 Å². The van der Waals surface area contributed by atoms with Gasteiger partial charge in [-0.1, -0.05) is 5.16 Å². The van der Waals surface area contributed by atoms with Gasteiger partial charge >= 0.3 is 0 Å². The Morgan fingerprint density at radius 2 is 1.88 bits per heavy atom. The summed E-state index contributed by atoms with van der Waals surface area (Å²) in [5.41, 5.74) is 1.44. The van der Waals surface area contributed by atoms with Crippen molar-refractivity contribution in [2.24, 2.45) is 5.92 Å². The minimum Gasteiger partial charge on any atom is -0.466 e. The van der Waals surface area contributed by atoms with Crippen LogP contribution >= 0.6 is 0 Å². The lowest BCUT2D eigenvalue weighted by Gasteiger charge is -2.28. The molecule has 1 atom stereocenters. The van der Waals surface area contributed by atoms with Crippen LogP contribution in [0.4, 0.5) is 0 Å². The van der Waals surface area contributed by atoms with Crippen molar-refractivity contribution >= 4 is 5.91 Å². The summed E-state index contributed by atoms with van der Waals surface area (Å²) in [6.07, 6.45) is 1.68. The van der Waals surface area contributed by atoms with Crippen LogP contribution in [0, 0.1) is 33.6 Å². The Morgan fingerprint density at radius 3 is 2.42 bits per heavy atom. The summed E-state index contributed by atoms with van der Waals surface area (Å²) in [6.45, 7) is 8.66. The largest absolute Gasteiger partial charge is 0.466 e. The zero-order valence-electron chi connectivity index (χ0n) is 14.5. The highest BCUT2D eigenvalue weighted by atomic mass is 16.5. The lowest BCUT2D eigenvalue weighted by atomic mass is 9.91. The Bertz CT molecular complexity index is 728. The monoisotopic (exact) mass is 333 g/mol. The fraction of sp³-hybridized carbons (Fsp3) is 0.588. The molecule has 2 aromatic heterocycles. The number of aryl methyl sites for hydroxylation is 3. The molecule has 0 saturated carbocycles. The van der Waals surface area contributed by atoms with E-state index in [1.165, 1.54) is 0 Å². The number of amides is 1. The van der Waals surface area contributed by atoms with E-state index in [0.29, 0.717) is 36.3 Å². The van der Waals surface area contributed by atoms with Crippen molar-refractivity contribution in [2.75, 3.05) is 13.2 Å². The summed E-state index contributed by atoms with van der Waals surface area (Å²) in [5, 5.41) is 6.94. The lowest BCUT2D eigenvalue weighted by molar-refractivity contribution is 0.0467. The molecule has 0 bridgehead atoms. The fourth-order valence-corrected chi connectivity index (χ4v) is 3.21. The predicted octanol–water partition coefficient (Wildman–Crippen LogP) is 2.79. The average molecular weight is 333 g/mol. The molecule has 3 heterocycles. The van der Waals surface area contributed by atoms with Crippen molar-refractivity contribution in [1.82, 2.24) is 15.5 Å². The molecule has 1 amide bonds. The zero-order chi connectivity index (χ0) is 17.3. The van der Waals surface area contributed by atoms with E-state index in [4.69, 9.17) is 13.7 Å². The van der Waals surface area contributed by atoms with Crippen molar-refractivity contribution in [3.63, 3.8) is 0 Å². The van der Waals surface area contributed by atoms with Crippen LogP contribution in [0.2, 0.25) is 0 Å². The maximum absolute atomic E-state index is 12.8. The summed E-state index contributed by atoms with van der Waals surface area (Å²) in [7, 11) is 0. The second kappa shape index (κ2) is 6.76. The highest BCUT2D eigenvalue weighted by Crippen LogP contribution is 2.30. The molecule has 7 nitrogen and oxygen atoms in total. The first-order valence-electron chi connectivity index (χ1n) is 8.22. The molecular formula is C17H23N3O4. The maximum Gasteiger partial charge on any atom is 0.255 e. The van der Waals surface area contributed by atoms with Gasteiger partial charge in [0, 0.05) is 18.8 Å². The first-order chi connectivity index (χ1) is 11.5. The van der Waals surface area contributed by atoms with Gasteiger partial charge in [0.2, 0.25) is 5.89 Å². The topological polar surface area (TPSA) is 90.4 Å². The van der Waals surface area contributed by atoms with E-state index in [1.54, 1.807) is 13.8 Å². The van der Waals surface area contributed by atoms with E-state index >= 15 is 0 Å². The Morgan fingerprint density at radius 1 is 1.17 bits per heavy atom. The van der Waals surface area contributed by atoms with Gasteiger partial charge in [0.15, 0.2) is 5.82 Å². The summed E-state index contributed by atoms with van der Waals surface area (Å²) < 4.78 is 16.3. The van der Waals surface area contributed by atoms with Gasteiger partial charge in [-0.15, -0.1) is 0 Å². The number of hydrogen-bond acceptors (Lipinski definition) is 6. The number of nitrogens with one attached hydrogen (secondary N) is 1. The van der Waals surface area contributed by atoms with E-state index in [2.05, 4.69) is 15.5 Å². The van der Waals surface area contributed by atoms with Gasteiger partial charge in [-0.25, -0.2) is 0 Å². The van der Waals surface area contributed by atoms with E-state index in [1.807, 2.05) is 13.8 Å². The molecule has 1 unspecified atom stereocenters. The summed E-state index contributed by atoms with van der Waals surface area (Å²) in [6, 6.07) is -0.323. The Kier molecular flexibility index (Phi) is 4.71. The van der Waals surface area contributed by atoms with E-state index < -0.39 is 0 Å². The van der Waals surface area contributed by atoms with Crippen molar-refractivity contribution in [2.45, 2.75) is 46.6 Å². The molecule has 1 saturated heterocycles. The lowest BCUT2D eigenvalue weighted by Crippen LogP contribution is -2.36. The van der Waals surface area contributed by atoms with Gasteiger partial charge in [0.25, 0.3) is 5.91 Å². The number of carbonyl (C=O) groups excluding carboxylic acids is 1. The first kappa shape index (κ1) is 16.7. The highest BCUT2D eigenvalue weighted by molar-refractivity contribution is 5.97. The molecule has 0 aromatic carbocycles. The smallest absolute Gasteiger partial charge is 0.255 e. The third kappa shape index (κ3) is 3.21. The van der Waals surface area contributed by atoms with Crippen molar-refractivity contribution in [3.05, 3.63) is 34.4 Å². The van der Waals surface area contributed by atoms with Gasteiger partial charge in [0.1, 0.15) is 17.6 Å². The van der Waals surface area contributed by atoms with E-state index in [9.17, 15) is 4.79 Å². The standard InChI is InChI=1S/C17H23N3O4/c1-9-10(2)23-11(3)14(9)16(21)19-15(13-5-7-22-8-6-13)17-18-12(4)20-24-17/h13,15H,5-8H2,1-4H3,(H,19,21). The molecule has 3 rings (SSSR count). The quantitative estimate of drug-likeness (QED) is 0.925. The van der Waals surface area contributed by atoms with Crippen LogP contribution in [0.1, 0.15) is 58.0 Å². The van der Waals surface area contributed by atoms with Crippen molar-refractivity contribution in [1.29, 1.82) is 0 Å². The van der Waals surface area contributed by atoms with Crippen LogP contribution in [-0.2, 0) is 4.74 Å². The molecule has 2 aromatic rings. The number of nitrogens with zero attached hydrogens (tertiary/aromatic N) is 2. The molecule has 1 aliphatic rings. The second-order valence-corrected chi connectivity index (χ2v) is 6.30. The number of furan rings is 1. The average Bonchev–Trinajstić information content (AvgIpc) is 3.09. The number of ether oxygens (including phenoxy) is 1. The molecule has 7 heteroatoms. The second-order valence-electron chi connectivity index (χ2n) is 6.30. The number of aromatic nitrogens is 2. The van der Waals surface area contributed by atoms with Crippen LogP contribution in [0.5, 0.6) is 0 Å². The first-order valence-corrected chi connectivity index (χ1v) is 8.22. The van der Waals surface area contributed by atoms with Crippen LogP contribution in [0.25, 0.3) is 0 Å². The Balaban J connectivity index is 1.87. The molecule has 0 spiro atoms. The fourth-order valence-electron chi connectivity index (χ4n) is 3.21. The predicted molar refractivity (Wildman–Crippen MR) is 85.7 cm³/mol. The summed E-state index contributed by atoms with van der Waals surface area (Å²) >= 11 is 0. The van der Waals surface area contributed by atoms with Crippen LogP contribution in [0.15, 0.2) is 8.94 Å². The molecule has 24 heavy (non-hydrogen) atoms. The third-order valence-corrected chi connectivity index (χ3v) is 4.62. The number of rotatable bonds is 4. The van der Waals surface area contributed by atoms with Crippen LogP contribution in [-0.4, -0.2) is 29.3 Å². The normalized spacial score (nSPS) is 17.0. The zero-order valence-corrected chi connectivity index (χ0v) is 14.5. The van der Waals surface area contributed by atoms with Gasteiger partial charge in [-0.05, 0) is 46.5 Å². The Hall–Kier alpha value is -2.15. The molecule has 0 radical (unpaired) electrons.